The number of carbonyl (C=O) groups is 1. The first kappa shape index (κ1) is 10.3. The minimum atomic E-state index is 0.00255. The fraction of sp³-hybridized carbons (Fsp3) is 0.833. The number of hydrogen-bond acceptors (Lipinski definition) is 4. The normalized spacial score (nSPS) is 9.73. The third-order valence-corrected chi connectivity index (χ3v) is 1.38. The second kappa shape index (κ2) is 6.09. The van der Waals surface area contributed by atoms with Crippen molar-refractivity contribution in [3.05, 3.63) is 0 Å². The molecule has 0 saturated carbocycles. The van der Waals surface area contributed by atoms with Crippen molar-refractivity contribution >= 4 is 5.91 Å². The Balaban J connectivity index is 3.46. The Kier molecular flexibility index (Phi) is 5.73. The van der Waals surface area contributed by atoms with Crippen LogP contribution in [0, 0.1) is 0 Å². The first-order chi connectivity index (χ1) is 5.22. The van der Waals surface area contributed by atoms with E-state index in [1.54, 1.807) is 11.9 Å². The molecular weight excluding hydrogens is 144 g/mol. The number of hydrazine groups is 1. The van der Waals surface area contributed by atoms with E-state index in [9.17, 15) is 4.79 Å². The van der Waals surface area contributed by atoms with Crippen molar-refractivity contribution in [3.8, 4) is 0 Å². The lowest BCUT2D eigenvalue weighted by molar-refractivity contribution is -0.128. The van der Waals surface area contributed by atoms with Crippen LogP contribution in [0.2, 0.25) is 0 Å². The van der Waals surface area contributed by atoms with Gasteiger partial charge in [-0.3, -0.25) is 16.1 Å². The minimum Gasteiger partial charge on any atom is -0.343 e. The molecule has 0 aliphatic carbocycles. The van der Waals surface area contributed by atoms with E-state index >= 15 is 0 Å². The zero-order valence-corrected chi connectivity index (χ0v) is 7.05. The number of amides is 1. The Morgan fingerprint density at radius 1 is 1.64 bits per heavy atom. The second-order valence-corrected chi connectivity index (χ2v) is 2.30. The van der Waals surface area contributed by atoms with E-state index in [0.717, 1.165) is 6.54 Å². The molecule has 66 valence electrons. The van der Waals surface area contributed by atoms with Crippen LogP contribution in [0.15, 0.2) is 0 Å². The molecule has 0 aromatic carbocycles. The topological polar surface area (TPSA) is 70.4 Å². The van der Waals surface area contributed by atoms with Crippen molar-refractivity contribution in [2.75, 3.05) is 33.7 Å². The molecule has 0 aromatic heterocycles. The van der Waals surface area contributed by atoms with Crippen molar-refractivity contribution in [2.24, 2.45) is 5.84 Å². The Hall–Kier alpha value is -0.650. The summed E-state index contributed by atoms with van der Waals surface area (Å²) in [6.45, 7) is 1.70. The molecule has 0 saturated heterocycles. The standard InChI is InChI=1S/C6H16N4O/c1-8-3-4-10(2)6(11)5-9-7/h8-9H,3-5,7H2,1-2H3. The molecule has 0 spiro atoms. The van der Waals surface area contributed by atoms with Gasteiger partial charge >= 0.3 is 0 Å². The summed E-state index contributed by atoms with van der Waals surface area (Å²) in [7, 11) is 3.59. The molecule has 1 amide bonds. The highest BCUT2D eigenvalue weighted by Gasteiger charge is 2.04. The van der Waals surface area contributed by atoms with Gasteiger partial charge in [0.05, 0.1) is 6.54 Å². The molecule has 0 aromatic rings. The lowest BCUT2D eigenvalue weighted by Gasteiger charge is -2.15. The molecule has 11 heavy (non-hydrogen) atoms. The van der Waals surface area contributed by atoms with Gasteiger partial charge in [-0.05, 0) is 7.05 Å². The maximum absolute atomic E-state index is 11.0. The lowest BCUT2D eigenvalue weighted by Crippen LogP contribution is -2.40. The van der Waals surface area contributed by atoms with Gasteiger partial charge in [0.2, 0.25) is 5.91 Å². The van der Waals surface area contributed by atoms with E-state index < -0.39 is 0 Å². The van der Waals surface area contributed by atoms with Crippen LogP contribution in [0.25, 0.3) is 0 Å². The van der Waals surface area contributed by atoms with Crippen molar-refractivity contribution in [3.63, 3.8) is 0 Å². The maximum atomic E-state index is 11.0. The van der Waals surface area contributed by atoms with Gasteiger partial charge in [0, 0.05) is 20.1 Å². The van der Waals surface area contributed by atoms with Crippen molar-refractivity contribution in [1.29, 1.82) is 0 Å². The molecule has 4 N–H and O–H groups in total. The van der Waals surface area contributed by atoms with Crippen LogP contribution in [-0.2, 0) is 4.79 Å². The van der Waals surface area contributed by atoms with Crippen LogP contribution in [0.3, 0.4) is 0 Å². The molecule has 0 atom stereocenters. The highest BCUT2D eigenvalue weighted by atomic mass is 16.2. The molecule has 0 fully saturated rings. The summed E-state index contributed by atoms with van der Waals surface area (Å²) >= 11 is 0. The number of nitrogens with zero attached hydrogens (tertiary/aromatic N) is 1. The number of rotatable bonds is 5. The zero-order chi connectivity index (χ0) is 8.69. The van der Waals surface area contributed by atoms with Crippen LogP contribution >= 0.6 is 0 Å². The van der Waals surface area contributed by atoms with Gasteiger partial charge in [-0.25, -0.2) is 0 Å². The highest BCUT2D eigenvalue weighted by molar-refractivity contribution is 5.77. The van der Waals surface area contributed by atoms with Gasteiger partial charge in [0.25, 0.3) is 0 Å². The van der Waals surface area contributed by atoms with E-state index in [-0.39, 0.29) is 12.5 Å². The highest BCUT2D eigenvalue weighted by Crippen LogP contribution is 1.80. The van der Waals surface area contributed by atoms with Crippen molar-refractivity contribution < 1.29 is 4.79 Å². The first-order valence-electron chi connectivity index (χ1n) is 3.54. The number of nitrogens with one attached hydrogen (secondary N) is 2. The van der Waals surface area contributed by atoms with Crippen LogP contribution in [0.4, 0.5) is 0 Å². The molecule has 5 heteroatoms. The van der Waals surface area contributed by atoms with E-state index in [4.69, 9.17) is 5.84 Å². The molecule has 0 radical (unpaired) electrons. The molecule has 0 aliphatic heterocycles. The molecule has 5 nitrogen and oxygen atoms in total. The average Bonchev–Trinajstić information content (AvgIpc) is 2.00. The summed E-state index contributed by atoms with van der Waals surface area (Å²) in [5, 5.41) is 2.95. The quantitative estimate of drug-likeness (QED) is 0.325. The molecular formula is C6H16N4O. The Morgan fingerprint density at radius 3 is 2.73 bits per heavy atom. The summed E-state index contributed by atoms with van der Waals surface area (Å²) in [6.07, 6.45) is 0. The van der Waals surface area contributed by atoms with Gasteiger partial charge in [0.15, 0.2) is 0 Å². The Morgan fingerprint density at radius 2 is 2.27 bits per heavy atom. The van der Waals surface area contributed by atoms with Gasteiger partial charge in [-0.1, -0.05) is 0 Å². The second-order valence-electron chi connectivity index (χ2n) is 2.30. The first-order valence-corrected chi connectivity index (χ1v) is 3.54. The zero-order valence-electron chi connectivity index (χ0n) is 7.05. The van der Waals surface area contributed by atoms with E-state index in [1.807, 2.05) is 7.05 Å². The molecule has 0 heterocycles. The van der Waals surface area contributed by atoms with E-state index in [1.165, 1.54) is 0 Å². The predicted molar refractivity (Wildman–Crippen MR) is 43.8 cm³/mol. The van der Waals surface area contributed by atoms with E-state index in [2.05, 4.69) is 10.7 Å². The third-order valence-electron chi connectivity index (χ3n) is 1.38. The van der Waals surface area contributed by atoms with Crippen LogP contribution < -0.4 is 16.6 Å². The summed E-state index contributed by atoms with van der Waals surface area (Å²) in [5.41, 5.74) is 2.31. The smallest absolute Gasteiger partial charge is 0.237 e. The fourth-order valence-electron chi connectivity index (χ4n) is 0.626. The number of carbonyl (C=O) groups excluding carboxylic acids is 1. The number of hydrogen-bond donors (Lipinski definition) is 3. The van der Waals surface area contributed by atoms with Crippen molar-refractivity contribution in [2.45, 2.75) is 0 Å². The van der Waals surface area contributed by atoms with Crippen LogP contribution in [-0.4, -0.2) is 44.5 Å². The third kappa shape index (κ3) is 4.72. The van der Waals surface area contributed by atoms with Gasteiger partial charge in [-0.2, -0.15) is 0 Å². The van der Waals surface area contributed by atoms with Crippen LogP contribution in [0.5, 0.6) is 0 Å². The molecule has 0 unspecified atom stereocenters. The Bertz CT molecular complexity index is 117. The van der Waals surface area contributed by atoms with Gasteiger partial charge in [-0.15, -0.1) is 0 Å². The molecule has 0 rings (SSSR count). The van der Waals surface area contributed by atoms with Crippen molar-refractivity contribution in [1.82, 2.24) is 15.6 Å². The summed E-state index contributed by atoms with van der Waals surface area (Å²) in [5.74, 6) is 4.99. The van der Waals surface area contributed by atoms with E-state index in [0.29, 0.717) is 6.54 Å². The number of likely N-dealkylation sites (N-methyl/N-ethyl adjacent to an activating group) is 2. The molecule has 0 aliphatic rings. The van der Waals surface area contributed by atoms with Crippen LogP contribution in [0.1, 0.15) is 0 Å². The largest absolute Gasteiger partial charge is 0.343 e. The monoisotopic (exact) mass is 160 g/mol. The summed E-state index contributed by atoms with van der Waals surface area (Å²) in [6, 6.07) is 0. The van der Waals surface area contributed by atoms with Gasteiger partial charge in [0.1, 0.15) is 0 Å². The summed E-state index contributed by atoms with van der Waals surface area (Å²) < 4.78 is 0. The Labute approximate surface area is 66.9 Å². The SMILES string of the molecule is CNCCN(C)C(=O)CNN. The lowest BCUT2D eigenvalue weighted by atomic mass is 10.5. The minimum absolute atomic E-state index is 0.00255. The maximum Gasteiger partial charge on any atom is 0.237 e. The predicted octanol–water partition coefficient (Wildman–Crippen LogP) is -1.87. The molecule has 0 bridgehead atoms. The average molecular weight is 160 g/mol. The summed E-state index contributed by atoms with van der Waals surface area (Å²) in [4.78, 5) is 12.6. The fourth-order valence-corrected chi connectivity index (χ4v) is 0.626. The van der Waals surface area contributed by atoms with Gasteiger partial charge < -0.3 is 10.2 Å². The number of nitrogens with two attached hydrogens (primary N) is 1.